The first-order valence-electron chi connectivity index (χ1n) is 5.40. The van der Waals surface area contributed by atoms with Gasteiger partial charge in [-0.3, -0.25) is 14.1 Å². The van der Waals surface area contributed by atoms with Crippen LogP contribution in [0.4, 0.5) is 0 Å². The van der Waals surface area contributed by atoms with Crippen LogP contribution >= 0.6 is 7.82 Å². The summed E-state index contributed by atoms with van der Waals surface area (Å²) in [5.41, 5.74) is 3.67. The van der Waals surface area contributed by atoms with Crippen molar-refractivity contribution in [2.45, 2.75) is 26.4 Å². The van der Waals surface area contributed by atoms with Crippen molar-refractivity contribution in [1.29, 1.82) is 0 Å². The lowest BCUT2D eigenvalue weighted by molar-refractivity contribution is -0.137. The molecule has 19 heavy (non-hydrogen) atoms. The molecule has 0 heterocycles. The largest absolute Gasteiger partial charge is 0.469 e. The number of phosphoric ester groups is 1. The molecule has 0 spiro atoms. The van der Waals surface area contributed by atoms with E-state index in [-0.39, 0.29) is 13.0 Å². The molecule has 0 bridgehead atoms. The first kappa shape index (κ1) is 18.0. The summed E-state index contributed by atoms with van der Waals surface area (Å²) < 4.78 is 14.8. The van der Waals surface area contributed by atoms with Crippen LogP contribution in [-0.2, 0) is 18.7 Å². The Morgan fingerprint density at radius 1 is 1.42 bits per heavy atom. The van der Waals surface area contributed by atoms with Crippen molar-refractivity contribution in [3.8, 4) is 0 Å². The predicted molar refractivity (Wildman–Crippen MR) is 64.6 cm³/mol. The van der Waals surface area contributed by atoms with E-state index in [0.717, 1.165) is 0 Å². The smallest absolute Gasteiger partial charge is 0.383 e. The molecule has 0 rings (SSSR count). The Bertz CT molecular complexity index is 379. The zero-order valence-electron chi connectivity index (χ0n) is 10.7. The number of nitrogens with two attached hydrogens (primary N) is 1. The average Bonchev–Trinajstić information content (AvgIpc) is 2.24. The topological polar surface area (TPSA) is 159 Å². The van der Waals surface area contributed by atoms with Gasteiger partial charge in [0.15, 0.2) is 0 Å². The minimum Gasteiger partial charge on any atom is -0.383 e. The van der Waals surface area contributed by atoms with Crippen LogP contribution in [0.15, 0.2) is 0 Å². The number of primary amides is 1. The normalized spacial score (nSPS) is 13.9. The molecule has 0 aromatic rings. The van der Waals surface area contributed by atoms with Gasteiger partial charge in [-0.25, -0.2) is 4.57 Å². The Morgan fingerprint density at radius 2 is 1.95 bits per heavy atom. The third-order valence-electron chi connectivity index (χ3n) is 2.26. The maximum Gasteiger partial charge on any atom is 0.469 e. The fourth-order valence-corrected chi connectivity index (χ4v) is 1.59. The number of carbonyl (C=O) groups excluding carboxylic acids is 2. The first-order valence-corrected chi connectivity index (χ1v) is 6.93. The van der Waals surface area contributed by atoms with Crippen LogP contribution in [0.5, 0.6) is 0 Å². The van der Waals surface area contributed by atoms with E-state index in [2.05, 4.69) is 9.84 Å². The third kappa shape index (κ3) is 7.91. The van der Waals surface area contributed by atoms with Crippen LogP contribution in [0.1, 0.15) is 20.3 Å². The summed E-state index contributed by atoms with van der Waals surface area (Å²) in [5.74, 6) is -1.38. The lowest BCUT2D eigenvalue weighted by Gasteiger charge is -2.29. The van der Waals surface area contributed by atoms with Gasteiger partial charge in [0, 0.05) is 18.4 Å². The minimum absolute atomic E-state index is 0.0271. The molecular weight excluding hydrogens is 279 g/mol. The van der Waals surface area contributed by atoms with Crippen LogP contribution in [0.25, 0.3) is 0 Å². The number of phosphoric acid groups is 1. The molecule has 0 saturated heterocycles. The molecule has 0 fully saturated rings. The van der Waals surface area contributed by atoms with Gasteiger partial charge in [-0.2, -0.15) is 0 Å². The van der Waals surface area contributed by atoms with Gasteiger partial charge in [0.05, 0.1) is 6.61 Å². The van der Waals surface area contributed by atoms with Crippen molar-refractivity contribution >= 4 is 19.6 Å². The third-order valence-corrected chi connectivity index (χ3v) is 2.73. The van der Waals surface area contributed by atoms with E-state index in [9.17, 15) is 19.3 Å². The van der Waals surface area contributed by atoms with Crippen LogP contribution in [-0.4, -0.2) is 46.0 Å². The first-order chi connectivity index (χ1) is 8.46. The monoisotopic (exact) mass is 298 g/mol. The number of hydrogen-bond acceptors (Lipinski definition) is 5. The Hall–Kier alpha value is -0.990. The van der Waals surface area contributed by atoms with Gasteiger partial charge < -0.3 is 25.9 Å². The SMILES string of the molecule is CC(C)(COP(=O)(O)O)C(O)C(=O)NCCC(N)=O. The summed E-state index contributed by atoms with van der Waals surface area (Å²) in [7, 11) is -4.67. The summed E-state index contributed by atoms with van der Waals surface area (Å²) in [6, 6.07) is 0. The second-order valence-electron chi connectivity index (χ2n) is 4.66. The summed E-state index contributed by atoms with van der Waals surface area (Å²) >= 11 is 0. The van der Waals surface area contributed by atoms with E-state index in [1.165, 1.54) is 13.8 Å². The van der Waals surface area contributed by atoms with E-state index in [1.807, 2.05) is 0 Å². The van der Waals surface area contributed by atoms with Crippen molar-refractivity contribution in [1.82, 2.24) is 5.32 Å². The highest BCUT2D eigenvalue weighted by atomic mass is 31.2. The molecule has 0 aromatic carbocycles. The van der Waals surface area contributed by atoms with Crippen molar-refractivity contribution in [3.05, 3.63) is 0 Å². The second-order valence-corrected chi connectivity index (χ2v) is 5.90. The number of aliphatic hydroxyl groups is 1. The molecule has 112 valence electrons. The van der Waals surface area contributed by atoms with Crippen LogP contribution in [0, 0.1) is 5.41 Å². The number of amides is 2. The maximum atomic E-state index is 11.5. The predicted octanol–water partition coefficient (Wildman–Crippen LogP) is -1.53. The molecule has 10 heteroatoms. The summed E-state index contributed by atoms with van der Waals surface area (Å²) in [4.78, 5) is 39.1. The molecule has 0 saturated carbocycles. The highest BCUT2D eigenvalue weighted by molar-refractivity contribution is 7.46. The summed E-state index contributed by atoms with van der Waals surface area (Å²) in [6.07, 6.45) is -1.62. The van der Waals surface area contributed by atoms with E-state index in [4.69, 9.17) is 15.5 Å². The number of hydrogen-bond donors (Lipinski definition) is 5. The maximum absolute atomic E-state index is 11.5. The van der Waals surface area contributed by atoms with Gasteiger partial charge >= 0.3 is 7.82 Å². The minimum atomic E-state index is -4.67. The molecule has 0 radical (unpaired) electrons. The number of aliphatic hydroxyl groups excluding tert-OH is 1. The average molecular weight is 298 g/mol. The van der Waals surface area contributed by atoms with Gasteiger partial charge in [0.1, 0.15) is 6.10 Å². The molecule has 9 nitrogen and oxygen atoms in total. The van der Waals surface area contributed by atoms with Crippen molar-refractivity contribution < 1.29 is 33.6 Å². The molecule has 1 unspecified atom stereocenters. The van der Waals surface area contributed by atoms with Crippen molar-refractivity contribution in [3.63, 3.8) is 0 Å². The fraction of sp³-hybridized carbons (Fsp3) is 0.778. The number of nitrogens with one attached hydrogen (secondary N) is 1. The van der Waals surface area contributed by atoms with Crippen molar-refractivity contribution in [2.75, 3.05) is 13.2 Å². The van der Waals surface area contributed by atoms with E-state index in [0.29, 0.717) is 0 Å². The molecule has 0 aliphatic heterocycles. The lowest BCUT2D eigenvalue weighted by Crippen LogP contribution is -2.46. The van der Waals surface area contributed by atoms with Gasteiger partial charge in [0.25, 0.3) is 0 Å². The van der Waals surface area contributed by atoms with Gasteiger partial charge in [-0.05, 0) is 0 Å². The van der Waals surface area contributed by atoms with Gasteiger partial charge in [-0.15, -0.1) is 0 Å². The standard InChI is InChI=1S/C9H19N2O7P/c1-9(2,5-18-19(15,16)17)7(13)8(14)11-4-3-6(10)12/h7,13H,3-5H2,1-2H3,(H2,10,12)(H,11,14)(H2,15,16,17). The second kappa shape index (κ2) is 6.97. The Morgan fingerprint density at radius 3 is 2.37 bits per heavy atom. The highest BCUT2D eigenvalue weighted by Gasteiger charge is 2.35. The molecule has 0 aliphatic carbocycles. The number of rotatable bonds is 8. The van der Waals surface area contributed by atoms with E-state index < -0.39 is 37.8 Å². The van der Waals surface area contributed by atoms with Crippen molar-refractivity contribution in [2.24, 2.45) is 11.1 Å². The Labute approximate surface area is 110 Å². The van der Waals surface area contributed by atoms with Gasteiger partial charge in [0.2, 0.25) is 11.8 Å². The summed E-state index contributed by atoms with van der Waals surface area (Å²) in [6.45, 7) is 2.27. The molecule has 0 aromatic heterocycles. The number of carbonyl (C=O) groups is 2. The van der Waals surface area contributed by atoms with E-state index >= 15 is 0 Å². The molecular formula is C9H19N2O7P. The zero-order chi connectivity index (χ0) is 15.3. The van der Waals surface area contributed by atoms with Crippen LogP contribution in [0.3, 0.4) is 0 Å². The molecule has 6 N–H and O–H groups in total. The Balaban J connectivity index is 4.35. The lowest BCUT2D eigenvalue weighted by atomic mass is 9.87. The zero-order valence-corrected chi connectivity index (χ0v) is 11.6. The Kier molecular flexibility index (Phi) is 6.61. The fourth-order valence-electron chi connectivity index (χ4n) is 1.09. The van der Waals surface area contributed by atoms with Gasteiger partial charge in [-0.1, -0.05) is 13.8 Å². The van der Waals surface area contributed by atoms with Crippen LogP contribution in [0.2, 0.25) is 0 Å². The highest BCUT2D eigenvalue weighted by Crippen LogP contribution is 2.38. The quantitative estimate of drug-likeness (QED) is 0.340. The van der Waals surface area contributed by atoms with E-state index in [1.54, 1.807) is 0 Å². The molecule has 1 atom stereocenters. The van der Waals surface area contributed by atoms with Crippen LogP contribution < -0.4 is 11.1 Å². The molecule has 0 aliphatic rings. The summed E-state index contributed by atoms with van der Waals surface area (Å²) in [5, 5.41) is 12.0. The molecule has 2 amide bonds.